The molecule has 31 heavy (non-hydrogen) atoms. The van der Waals surface area contributed by atoms with E-state index in [1.807, 2.05) is 6.92 Å². The number of aromatic nitrogens is 2. The van der Waals surface area contributed by atoms with Crippen LogP contribution in [0.3, 0.4) is 0 Å². The van der Waals surface area contributed by atoms with E-state index in [0.717, 1.165) is 5.56 Å². The number of carbonyl (C=O) groups excluding carboxylic acids is 1. The second kappa shape index (κ2) is 9.85. The standard InChI is InChI=1S/C20H18BrN5O5/c1-2-31-18-8-5-14(9-17(18)27)10-22-23-20(28)19-16(21)12-25(24-19)11-13-3-6-15(7-4-13)26(29)30/h3-10,12,27H,2,11H2,1H3,(H,23,28)/b22-10+. The summed E-state index contributed by atoms with van der Waals surface area (Å²) in [6.45, 7) is 2.58. The molecule has 10 nitrogen and oxygen atoms in total. The van der Waals surface area contributed by atoms with Crippen LogP contribution >= 0.6 is 15.9 Å². The predicted octanol–water partition coefficient (Wildman–Crippen LogP) is 3.47. The summed E-state index contributed by atoms with van der Waals surface area (Å²) in [6.07, 6.45) is 3.01. The SMILES string of the molecule is CCOc1ccc(/C=N/NC(=O)c2nn(Cc3ccc([N+](=O)[O-])cc3)cc2Br)cc1O. The number of rotatable bonds is 8. The molecule has 0 saturated carbocycles. The first kappa shape index (κ1) is 22.0. The van der Waals surface area contributed by atoms with Crippen LogP contribution in [0.2, 0.25) is 0 Å². The molecule has 2 aromatic carbocycles. The van der Waals surface area contributed by atoms with Crippen LogP contribution in [-0.2, 0) is 6.54 Å². The highest BCUT2D eigenvalue weighted by Gasteiger charge is 2.15. The second-order valence-corrected chi connectivity index (χ2v) is 7.16. The molecule has 0 aliphatic heterocycles. The number of non-ortho nitro benzene ring substituents is 1. The van der Waals surface area contributed by atoms with Crippen molar-refractivity contribution in [1.29, 1.82) is 0 Å². The molecule has 0 radical (unpaired) electrons. The summed E-state index contributed by atoms with van der Waals surface area (Å²) in [5.41, 5.74) is 3.88. The zero-order valence-electron chi connectivity index (χ0n) is 16.4. The van der Waals surface area contributed by atoms with Crippen molar-refractivity contribution in [2.45, 2.75) is 13.5 Å². The molecule has 0 saturated heterocycles. The lowest BCUT2D eigenvalue weighted by Crippen LogP contribution is -2.19. The van der Waals surface area contributed by atoms with E-state index in [1.165, 1.54) is 29.1 Å². The van der Waals surface area contributed by atoms with E-state index in [2.05, 4.69) is 31.6 Å². The summed E-state index contributed by atoms with van der Waals surface area (Å²) in [5, 5.41) is 28.7. The van der Waals surface area contributed by atoms with Crippen LogP contribution in [-0.4, -0.2) is 38.5 Å². The monoisotopic (exact) mass is 487 g/mol. The smallest absolute Gasteiger partial charge is 0.293 e. The van der Waals surface area contributed by atoms with Crippen LogP contribution in [0, 0.1) is 10.1 Å². The molecule has 0 fully saturated rings. The van der Waals surface area contributed by atoms with Gasteiger partial charge in [0.15, 0.2) is 17.2 Å². The molecule has 160 valence electrons. The number of benzene rings is 2. The quantitative estimate of drug-likeness (QED) is 0.284. The number of hydrogen-bond donors (Lipinski definition) is 2. The Bertz CT molecular complexity index is 1130. The lowest BCUT2D eigenvalue weighted by molar-refractivity contribution is -0.384. The van der Waals surface area contributed by atoms with Crippen molar-refractivity contribution in [2.75, 3.05) is 6.61 Å². The van der Waals surface area contributed by atoms with Gasteiger partial charge in [-0.15, -0.1) is 0 Å². The third kappa shape index (κ3) is 5.66. The van der Waals surface area contributed by atoms with Gasteiger partial charge in [0, 0.05) is 18.3 Å². The molecular weight excluding hydrogens is 470 g/mol. The van der Waals surface area contributed by atoms with Gasteiger partial charge >= 0.3 is 0 Å². The number of amides is 1. The van der Waals surface area contributed by atoms with Gasteiger partial charge in [-0.25, -0.2) is 5.43 Å². The molecule has 0 spiro atoms. The van der Waals surface area contributed by atoms with Crippen LogP contribution in [0.4, 0.5) is 5.69 Å². The van der Waals surface area contributed by atoms with Gasteiger partial charge in [0.05, 0.1) is 28.8 Å². The lowest BCUT2D eigenvalue weighted by Gasteiger charge is -2.05. The Balaban J connectivity index is 1.63. The minimum atomic E-state index is -0.527. The van der Waals surface area contributed by atoms with Crippen molar-refractivity contribution >= 4 is 33.7 Å². The molecule has 11 heteroatoms. The van der Waals surface area contributed by atoms with E-state index in [-0.39, 0.29) is 17.1 Å². The second-order valence-electron chi connectivity index (χ2n) is 6.31. The summed E-state index contributed by atoms with van der Waals surface area (Å²) in [5.74, 6) is -0.184. The fraction of sp³-hybridized carbons (Fsp3) is 0.150. The molecule has 1 aromatic heterocycles. The van der Waals surface area contributed by atoms with Crippen LogP contribution in [0.25, 0.3) is 0 Å². The highest BCUT2D eigenvalue weighted by Crippen LogP contribution is 2.26. The number of halogens is 1. The van der Waals surface area contributed by atoms with Crippen LogP contribution < -0.4 is 10.2 Å². The van der Waals surface area contributed by atoms with Gasteiger partial charge in [-0.05, 0) is 52.2 Å². The number of nitrogens with one attached hydrogen (secondary N) is 1. The fourth-order valence-corrected chi connectivity index (χ4v) is 3.15. The van der Waals surface area contributed by atoms with Crippen LogP contribution in [0.5, 0.6) is 11.5 Å². The first-order valence-electron chi connectivity index (χ1n) is 9.13. The average molecular weight is 488 g/mol. The first-order valence-corrected chi connectivity index (χ1v) is 9.92. The average Bonchev–Trinajstić information content (AvgIpc) is 3.10. The van der Waals surface area contributed by atoms with Crippen LogP contribution in [0.1, 0.15) is 28.5 Å². The molecule has 3 aromatic rings. The third-order valence-electron chi connectivity index (χ3n) is 4.09. The molecular formula is C20H18BrN5O5. The molecule has 0 aliphatic carbocycles. The third-order valence-corrected chi connectivity index (χ3v) is 4.67. The highest BCUT2D eigenvalue weighted by atomic mass is 79.9. The number of nitrogens with zero attached hydrogens (tertiary/aromatic N) is 4. The predicted molar refractivity (Wildman–Crippen MR) is 116 cm³/mol. The fourth-order valence-electron chi connectivity index (χ4n) is 2.65. The zero-order chi connectivity index (χ0) is 22.4. The van der Waals surface area contributed by atoms with Crippen molar-refractivity contribution < 1.29 is 19.6 Å². The maximum Gasteiger partial charge on any atom is 0.293 e. The molecule has 1 amide bonds. The van der Waals surface area contributed by atoms with E-state index >= 15 is 0 Å². The number of ether oxygens (including phenoxy) is 1. The molecule has 0 unspecified atom stereocenters. The van der Waals surface area contributed by atoms with Crippen molar-refractivity contribution in [3.63, 3.8) is 0 Å². The van der Waals surface area contributed by atoms with Gasteiger partial charge in [-0.3, -0.25) is 19.6 Å². The largest absolute Gasteiger partial charge is 0.504 e. The summed E-state index contributed by atoms with van der Waals surface area (Å²) in [7, 11) is 0. The van der Waals surface area contributed by atoms with Crippen molar-refractivity contribution in [3.05, 3.63) is 80.1 Å². The number of aromatic hydroxyl groups is 1. The Labute approximate surface area is 185 Å². The topological polar surface area (TPSA) is 132 Å². The first-order chi connectivity index (χ1) is 14.9. The molecule has 1 heterocycles. The van der Waals surface area contributed by atoms with E-state index in [0.29, 0.717) is 28.9 Å². The summed E-state index contributed by atoms with van der Waals surface area (Å²) in [6, 6.07) is 10.8. The Morgan fingerprint density at radius 1 is 1.35 bits per heavy atom. The number of carbonyl (C=O) groups is 1. The highest BCUT2D eigenvalue weighted by molar-refractivity contribution is 9.10. The van der Waals surface area contributed by atoms with Gasteiger partial charge in [-0.2, -0.15) is 10.2 Å². The van der Waals surface area contributed by atoms with E-state index in [1.54, 1.807) is 30.5 Å². The Morgan fingerprint density at radius 3 is 2.74 bits per heavy atom. The summed E-state index contributed by atoms with van der Waals surface area (Å²) in [4.78, 5) is 22.6. The maximum atomic E-state index is 12.4. The van der Waals surface area contributed by atoms with Crippen molar-refractivity contribution in [3.8, 4) is 11.5 Å². The molecule has 0 bridgehead atoms. The number of phenols is 1. The normalized spacial score (nSPS) is 10.9. The minimum Gasteiger partial charge on any atom is -0.504 e. The molecule has 2 N–H and O–H groups in total. The summed E-state index contributed by atoms with van der Waals surface area (Å²) >= 11 is 3.30. The Kier molecular flexibility index (Phi) is 6.98. The number of hydrogen-bond acceptors (Lipinski definition) is 7. The van der Waals surface area contributed by atoms with Gasteiger partial charge < -0.3 is 9.84 Å². The maximum absolute atomic E-state index is 12.4. The van der Waals surface area contributed by atoms with E-state index < -0.39 is 10.8 Å². The molecule has 3 rings (SSSR count). The van der Waals surface area contributed by atoms with Gasteiger partial charge in [0.2, 0.25) is 0 Å². The number of nitro benzene ring substituents is 1. The van der Waals surface area contributed by atoms with E-state index in [9.17, 15) is 20.0 Å². The minimum absolute atomic E-state index is 0.00386. The van der Waals surface area contributed by atoms with E-state index in [4.69, 9.17) is 4.74 Å². The van der Waals surface area contributed by atoms with Crippen molar-refractivity contribution in [2.24, 2.45) is 5.10 Å². The zero-order valence-corrected chi connectivity index (χ0v) is 17.9. The van der Waals surface area contributed by atoms with Crippen molar-refractivity contribution in [1.82, 2.24) is 15.2 Å². The number of hydrazone groups is 1. The van der Waals surface area contributed by atoms with Gasteiger partial charge in [0.1, 0.15) is 0 Å². The number of phenolic OH excluding ortho intramolecular Hbond substituents is 1. The van der Waals surface area contributed by atoms with Crippen LogP contribution in [0.15, 0.2) is 58.2 Å². The Morgan fingerprint density at radius 2 is 2.10 bits per heavy atom. The number of nitro groups is 1. The van der Waals surface area contributed by atoms with Gasteiger partial charge in [0.25, 0.3) is 11.6 Å². The molecule has 0 atom stereocenters. The summed E-state index contributed by atoms with van der Waals surface area (Å²) < 4.78 is 7.27. The van der Waals surface area contributed by atoms with Gasteiger partial charge in [-0.1, -0.05) is 12.1 Å². The molecule has 0 aliphatic rings. The Hall–Kier alpha value is -3.73. The lowest BCUT2D eigenvalue weighted by atomic mass is 10.2.